The quantitative estimate of drug-likeness (QED) is 0.414. The van der Waals surface area contributed by atoms with Crippen molar-refractivity contribution in [3.8, 4) is 11.8 Å². The number of H-pyrrole nitrogens is 1. The van der Waals surface area contributed by atoms with Crippen LogP contribution in [0.1, 0.15) is 13.8 Å². The number of hydrogen-bond acceptors (Lipinski definition) is 10. The third kappa shape index (κ3) is 4.00. The van der Waals surface area contributed by atoms with Crippen LogP contribution < -0.4 is 20.5 Å². The molecule has 11 nitrogen and oxygen atoms in total. The molecule has 0 saturated carbocycles. The van der Waals surface area contributed by atoms with Gasteiger partial charge in [0.15, 0.2) is 5.65 Å². The van der Waals surface area contributed by atoms with Crippen LogP contribution in [-0.2, 0) is 4.79 Å². The number of fused-ring (bicyclic) bond motifs is 1. The molecule has 0 aliphatic carbocycles. The van der Waals surface area contributed by atoms with Crippen LogP contribution in [-0.4, -0.2) is 54.8 Å². The number of nitrogens with two attached hydrogens (primary N) is 1. The van der Waals surface area contributed by atoms with Crippen LogP contribution in [0, 0.1) is 0 Å². The summed E-state index contributed by atoms with van der Waals surface area (Å²) in [5.74, 6) is 0.344. The molecule has 0 aromatic carbocycles. The molecule has 27 heavy (non-hydrogen) atoms. The highest BCUT2D eigenvalue weighted by Crippen LogP contribution is 2.35. The van der Waals surface area contributed by atoms with Crippen molar-refractivity contribution in [3.05, 3.63) is 12.4 Å². The van der Waals surface area contributed by atoms with Gasteiger partial charge in [-0.1, -0.05) is 11.8 Å². The second kappa shape index (κ2) is 7.23. The Bertz CT molecular complexity index is 968. The Labute approximate surface area is 158 Å². The van der Waals surface area contributed by atoms with Crippen LogP contribution in [0.15, 0.2) is 17.4 Å². The van der Waals surface area contributed by atoms with E-state index in [9.17, 15) is 4.79 Å². The second-order valence-electron chi connectivity index (χ2n) is 5.83. The van der Waals surface area contributed by atoms with Crippen LogP contribution in [0.3, 0.4) is 0 Å². The number of imidazole rings is 1. The molecule has 3 aromatic heterocycles. The maximum Gasteiger partial charge on any atom is 0.242 e. The van der Waals surface area contributed by atoms with Crippen LogP contribution in [0.25, 0.3) is 11.2 Å². The summed E-state index contributed by atoms with van der Waals surface area (Å²) in [7, 11) is 2.92. The predicted octanol–water partition coefficient (Wildman–Crippen LogP) is 1.25. The normalized spacial score (nSPS) is 11.4. The van der Waals surface area contributed by atoms with E-state index in [1.807, 2.05) is 0 Å². The lowest BCUT2D eigenvalue weighted by Crippen LogP contribution is -2.34. The number of thioether (sulfide) groups is 1. The summed E-state index contributed by atoms with van der Waals surface area (Å²) in [5.41, 5.74) is 6.77. The van der Waals surface area contributed by atoms with E-state index in [1.165, 1.54) is 38.4 Å². The number of hydrogen-bond donors (Lipinski definition) is 3. The Morgan fingerprint density at radius 1 is 1.19 bits per heavy atom. The van der Waals surface area contributed by atoms with Crippen LogP contribution >= 0.6 is 11.8 Å². The fourth-order valence-corrected chi connectivity index (χ4v) is 3.12. The molecule has 0 spiro atoms. The molecule has 0 atom stereocenters. The van der Waals surface area contributed by atoms with Crippen molar-refractivity contribution >= 4 is 40.7 Å². The first kappa shape index (κ1) is 18.6. The number of carbonyl (C=O) groups is 1. The summed E-state index contributed by atoms with van der Waals surface area (Å²) in [4.78, 5) is 36.3. The van der Waals surface area contributed by atoms with Gasteiger partial charge in [0.1, 0.15) is 10.5 Å². The maximum atomic E-state index is 12.8. The zero-order valence-electron chi connectivity index (χ0n) is 15.1. The number of anilines is 2. The average molecular weight is 390 g/mol. The van der Waals surface area contributed by atoms with Crippen molar-refractivity contribution < 1.29 is 14.3 Å². The molecule has 4 N–H and O–H groups in total. The number of nitrogens with one attached hydrogen (secondary N) is 2. The van der Waals surface area contributed by atoms with Crippen molar-refractivity contribution in [1.82, 2.24) is 29.9 Å². The first-order valence-corrected chi connectivity index (χ1v) is 8.58. The van der Waals surface area contributed by atoms with E-state index in [0.29, 0.717) is 16.2 Å². The molecule has 0 unspecified atom stereocenters. The zero-order valence-corrected chi connectivity index (χ0v) is 15.9. The van der Waals surface area contributed by atoms with E-state index in [1.54, 1.807) is 13.8 Å². The SMILES string of the molecule is COc1cc(OC)nc(NC(=O)C(C)(C)Sc2nc(N)nc3nc[nH]c23)n1. The summed E-state index contributed by atoms with van der Waals surface area (Å²) < 4.78 is 9.23. The molecule has 0 bridgehead atoms. The van der Waals surface area contributed by atoms with Crippen molar-refractivity contribution in [1.29, 1.82) is 0 Å². The van der Waals surface area contributed by atoms with Gasteiger partial charge in [-0.05, 0) is 13.8 Å². The van der Waals surface area contributed by atoms with Gasteiger partial charge in [-0.25, -0.2) is 9.97 Å². The Morgan fingerprint density at radius 2 is 1.85 bits per heavy atom. The summed E-state index contributed by atoms with van der Waals surface area (Å²) in [6, 6.07) is 1.51. The fraction of sp³-hybridized carbons (Fsp3) is 0.333. The van der Waals surface area contributed by atoms with Crippen LogP contribution in [0.5, 0.6) is 11.8 Å². The number of aromatic nitrogens is 6. The molecular formula is C15H18N8O3S. The number of aromatic amines is 1. The lowest BCUT2D eigenvalue weighted by Gasteiger charge is -2.22. The van der Waals surface area contributed by atoms with E-state index in [0.717, 1.165) is 0 Å². The number of ether oxygens (including phenoxy) is 2. The van der Waals surface area contributed by atoms with E-state index in [4.69, 9.17) is 15.2 Å². The molecular weight excluding hydrogens is 372 g/mol. The molecule has 142 valence electrons. The highest BCUT2D eigenvalue weighted by Gasteiger charge is 2.32. The van der Waals surface area contributed by atoms with Gasteiger partial charge in [0.2, 0.25) is 29.6 Å². The van der Waals surface area contributed by atoms with Crippen molar-refractivity contribution in [2.75, 3.05) is 25.3 Å². The summed E-state index contributed by atoms with van der Waals surface area (Å²) in [5, 5.41) is 3.18. The van der Waals surface area contributed by atoms with Gasteiger partial charge in [0.25, 0.3) is 0 Å². The summed E-state index contributed by atoms with van der Waals surface area (Å²) in [6.45, 7) is 3.48. The first-order valence-electron chi connectivity index (χ1n) is 7.76. The minimum Gasteiger partial charge on any atom is -0.481 e. The first-order chi connectivity index (χ1) is 12.8. The van der Waals surface area contributed by atoms with Gasteiger partial charge in [-0.15, -0.1) is 0 Å². The molecule has 0 radical (unpaired) electrons. The minimum absolute atomic E-state index is 0.0683. The number of nitrogens with zero attached hydrogens (tertiary/aromatic N) is 5. The predicted molar refractivity (Wildman–Crippen MR) is 99.8 cm³/mol. The van der Waals surface area contributed by atoms with Gasteiger partial charge < -0.3 is 20.2 Å². The van der Waals surface area contributed by atoms with Gasteiger partial charge in [0, 0.05) is 0 Å². The molecule has 12 heteroatoms. The Kier molecular flexibility index (Phi) is 4.99. The highest BCUT2D eigenvalue weighted by molar-refractivity contribution is 8.01. The standard InChI is InChI=1S/C15H18N8O3S/c1-15(2,27-11-9-10(18-6-17-9)21-13(16)22-11)12(24)23-14-19-7(25-3)5-8(20-14)26-4/h5-6H,1-4H3,(H,19,20,23,24)(H3,16,17,18,21,22). The molecule has 3 rings (SSSR count). The van der Waals surface area contributed by atoms with Gasteiger partial charge in [-0.2, -0.15) is 15.0 Å². The number of methoxy groups -OCH3 is 2. The summed E-state index contributed by atoms with van der Waals surface area (Å²) >= 11 is 1.21. The second-order valence-corrected chi connectivity index (χ2v) is 7.44. The van der Waals surface area contributed by atoms with Crippen LogP contribution in [0.4, 0.5) is 11.9 Å². The minimum atomic E-state index is -0.932. The molecule has 0 aliphatic rings. The molecule has 0 aliphatic heterocycles. The maximum absolute atomic E-state index is 12.8. The lowest BCUT2D eigenvalue weighted by molar-refractivity contribution is -0.117. The summed E-state index contributed by atoms with van der Waals surface area (Å²) in [6.07, 6.45) is 1.49. The number of nitrogen functional groups attached to an aromatic ring is 1. The Morgan fingerprint density at radius 3 is 2.48 bits per heavy atom. The molecule has 3 aromatic rings. The van der Waals surface area contributed by atoms with E-state index < -0.39 is 4.75 Å². The Balaban J connectivity index is 1.84. The largest absolute Gasteiger partial charge is 0.481 e. The molecule has 3 heterocycles. The van der Waals surface area contributed by atoms with E-state index >= 15 is 0 Å². The number of amides is 1. The fourth-order valence-electron chi connectivity index (χ4n) is 2.11. The third-order valence-corrected chi connectivity index (χ3v) is 4.68. The van der Waals surface area contributed by atoms with E-state index in [2.05, 4.69) is 35.2 Å². The van der Waals surface area contributed by atoms with Crippen LogP contribution in [0.2, 0.25) is 0 Å². The lowest BCUT2D eigenvalue weighted by atomic mass is 10.2. The third-order valence-electron chi connectivity index (χ3n) is 3.49. The van der Waals surface area contributed by atoms with Gasteiger partial charge >= 0.3 is 0 Å². The van der Waals surface area contributed by atoms with Crippen molar-refractivity contribution in [2.45, 2.75) is 23.6 Å². The van der Waals surface area contributed by atoms with Crippen molar-refractivity contribution in [2.24, 2.45) is 0 Å². The van der Waals surface area contributed by atoms with Gasteiger partial charge in [-0.3, -0.25) is 10.1 Å². The smallest absolute Gasteiger partial charge is 0.242 e. The number of carbonyl (C=O) groups excluding carboxylic acids is 1. The van der Waals surface area contributed by atoms with Crippen molar-refractivity contribution in [3.63, 3.8) is 0 Å². The monoisotopic (exact) mass is 390 g/mol. The zero-order chi connectivity index (χ0) is 19.6. The molecule has 0 saturated heterocycles. The number of rotatable bonds is 6. The van der Waals surface area contributed by atoms with E-state index in [-0.39, 0.29) is 29.6 Å². The topological polar surface area (TPSA) is 154 Å². The Hall–Kier alpha value is -3.15. The molecule has 1 amide bonds. The molecule has 0 fully saturated rings. The van der Waals surface area contributed by atoms with Gasteiger partial charge in [0.05, 0.1) is 31.4 Å². The average Bonchev–Trinajstić information content (AvgIpc) is 3.09. The highest BCUT2D eigenvalue weighted by atomic mass is 32.2.